The molecule has 0 atom stereocenters. The van der Waals surface area contributed by atoms with Crippen molar-refractivity contribution in [1.29, 1.82) is 0 Å². The number of hydrogen-bond donors (Lipinski definition) is 2. The summed E-state index contributed by atoms with van der Waals surface area (Å²) in [5.74, 6) is 0.557. The van der Waals surface area contributed by atoms with Crippen LogP contribution in [0, 0.1) is 5.82 Å². The minimum atomic E-state index is -0.292. The zero-order valence-corrected chi connectivity index (χ0v) is 14.3. The molecule has 0 saturated heterocycles. The van der Waals surface area contributed by atoms with Gasteiger partial charge in [-0.05, 0) is 72.7 Å². The van der Waals surface area contributed by atoms with Gasteiger partial charge in [0.25, 0.3) is 0 Å². The first-order valence-corrected chi connectivity index (χ1v) is 8.16. The van der Waals surface area contributed by atoms with E-state index in [1.54, 1.807) is 18.3 Å². The Morgan fingerprint density at radius 3 is 2.54 bits per heavy atom. The first kappa shape index (κ1) is 17.9. The number of nitrogens with one attached hydrogen (secondary N) is 2. The standard InChI is InChI=1S/C18H20FN3OS/c1-2-3-12-23-17-10-4-14(5-11-17)13-20-22-18(24)21-16-8-6-15(19)7-9-16/h4-11,13H,2-3,12H2,1H3,(H2,21,22,24)/b20-13-. The lowest BCUT2D eigenvalue weighted by Gasteiger charge is -2.07. The highest BCUT2D eigenvalue weighted by molar-refractivity contribution is 7.80. The van der Waals surface area contributed by atoms with Gasteiger partial charge in [0.2, 0.25) is 0 Å². The normalized spacial score (nSPS) is 10.6. The Hall–Kier alpha value is -2.47. The quantitative estimate of drug-likeness (QED) is 0.339. The topological polar surface area (TPSA) is 45.6 Å². The molecule has 0 aliphatic rings. The average Bonchev–Trinajstić information content (AvgIpc) is 2.59. The van der Waals surface area contributed by atoms with Crippen molar-refractivity contribution in [3.63, 3.8) is 0 Å². The third-order valence-corrected chi connectivity index (χ3v) is 3.32. The van der Waals surface area contributed by atoms with Crippen LogP contribution >= 0.6 is 12.2 Å². The molecular formula is C18H20FN3OS. The van der Waals surface area contributed by atoms with Crippen LogP contribution in [-0.4, -0.2) is 17.9 Å². The zero-order chi connectivity index (χ0) is 17.2. The van der Waals surface area contributed by atoms with Crippen molar-refractivity contribution in [2.45, 2.75) is 19.8 Å². The predicted octanol–water partition coefficient (Wildman–Crippen LogP) is 4.33. The van der Waals surface area contributed by atoms with Gasteiger partial charge in [-0.2, -0.15) is 5.10 Å². The van der Waals surface area contributed by atoms with Crippen LogP contribution < -0.4 is 15.5 Å². The summed E-state index contributed by atoms with van der Waals surface area (Å²) in [6.07, 6.45) is 3.82. The molecule has 0 radical (unpaired) electrons. The Bertz CT molecular complexity index is 672. The fraction of sp³-hybridized carbons (Fsp3) is 0.222. The number of hydrogen-bond acceptors (Lipinski definition) is 3. The lowest BCUT2D eigenvalue weighted by Crippen LogP contribution is -2.23. The van der Waals surface area contributed by atoms with Gasteiger partial charge in [0.1, 0.15) is 11.6 Å². The van der Waals surface area contributed by atoms with Gasteiger partial charge in [-0.15, -0.1) is 0 Å². The molecule has 0 heterocycles. The molecule has 0 aromatic heterocycles. The maximum absolute atomic E-state index is 12.8. The van der Waals surface area contributed by atoms with Gasteiger partial charge in [0, 0.05) is 5.69 Å². The number of hydrazone groups is 1. The van der Waals surface area contributed by atoms with E-state index in [1.807, 2.05) is 24.3 Å². The summed E-state index contributed by atoms with van der Waals surface area (Å²) < 4.78 is 18.4. The highest BCUT2D eigenvalue weighted by Gasteiger charge is 1.97. The van der Waals surface area contributed by atoms with Crippen LogP contribution in [0.3, 0.4) is 0 Å². The van der Waals surface area contributed by atoms with E-state index in [1.165, 1.54) is 12.1 Å². The zero-order valence-electron chi connectivity index (χ0n) is 13.5. The third-order valence-electron chi connectivity index (χ3n) is 3.13. The van der Waals surface area contributed by atoms with Crippen LogP contribution in [0.5, 0.6) is 5.75 Å². The molecule has 0 bridgehead atoms. The summed E-state index contributed by atoms with van der Waals surface area (Å²) in [7, 11) is 0. The summed E-state index contributed by atoms with van der Waals surface area (Å²) in [6.45, 7) is 2.86. The highest BCUT2D eigenvalue weighted by Crippen LogP contribution is 2.11. The maximum Gasteiger partial charge on any atom is 0.191 e. The number of rotatable bonds is 7. The van der Waals surface area contributed by atoms with Crippen molar-refractivity contribution in [1.82, 2.24) is 5.43 Å². The van der Waals surface area contributed by atoms with E-state index < -0.39 is 0 Å². The highest BCUT2D eigenvalue weighted by atomic mass is 32.1. The second-order valence-electron chi connectivity index (χ2n) is 5.10. The summed E-state index contributed by atoms with van der Waals surface area (Å²) in [4.78, 5) is 0. The van der Waals surface area contributed by atoms with E-state index >= 15 is 0 Å². The molecule has 2 N–H and O–H groups in total. The van der Waals surface area contributed by atoms with Crippen LogP contribution in [0.2, 0.25) is 0 Å². The Morgan fingerprint density at radius 2 is 1.88 bits per heavy atom. The fourth-order valence-electron chi connectivity index (χ4n) is 1.84. The van der Waals surface area contributed by atoms with Crippen LogP contribution in [0.25, 0.3) is 0 Å². The molecule has 0 amide bonds. The average molecular weight is 345 g/mol. The van der Waals surface area contributed by atoms with E-state index in [-0.39, 0.29) is 5.82 Å². The van der Waals surface area contributed by atoms with Crippen molar-refractivity contribution in [2.24, 2.45) is 5.10 Å². The van der Waals surface area contributed by atoms with Gasteiger partial charge >= 0.3 is 0 Å². The fourth-order valence-corrected chi connectivity index (χ4v) is 2.01. The van der Waals surface area contributed by atoms with Crippen molar-refractivity contribution < 1.29 is 9.13 Å². The van der Waals surface area contributed by atoms with Gasteiger partial charge in [0.05, 0.1) is 12.8 Å². The van der Waals surface area contributed by atoms with Gasteiger partial charge in [-0.25, -0.2) is 4.39 Å². The number of benzene rings is 2. The number of ether oxygens (including phenoxy) is 1. The number of unbranched alkanes of at least 4 members (excludes halogenated alkanes) is 1. The molecule has 0 aliphatic carbocycles. The summed E-state index contributed by atoms with van der Waals surface area (Å²) in [5.41, 5.74) is 4.33. The lowest BCUT2D eigenvalue weighted by atomic mass is 10.2. The lowest BCUT2D eigenvalue weighted by molar-refractivity contribution is 0.309. The molecular weight excluding hydrogens is 325 g/mol. The Labute approximate surface area is 146 Å². The van der Waals surface area contributed by atoms with Crippen LogP contribution in [-0.2, 0) is 0 Å². The molecule has 126 valence electrons. The smallest absolute Gasteiger partial charge is 0.191 e. The summed E-state index contributed by atoms with van der Waals surface area (Å²) >= 11 is 5.11. The third kappa shape index (κ3) is 6.34. The monoisotopic (exact) mass is 345 g/mol. The van der Waals surface area contributed by atoms with Crippen LogP contribution in [0.15, 0.2) is 53.6 Å². The first-order valence-electron chi connectivity index (χ1n) is 7.76. The van der Waals surface area contributed by atoms with Crippen LogP contribution in [0.4, 0.5) is 10.1 Å². The molecule has 4 nitrogen and oxygen atoms in total. The minimum absolute atomic E-state index is 0.292. The number of nitrogens with zero attached hydrogens (tertiary/aromatic N) is 1. The van der Waals surface area contributed by atoms with Crippen LogP contribution in [0.1, 0.15) is 25.3 Å². The van der Waals surface area contributed by atoms with E-state index in [0.29, 0.717) is 10.8 Å². The van der Waals surface area contributed by atoms with Crippen molar-refractivity contribution >= 4 is 29.2 Å². The number of anilines is 1. The Balaban J connectivity index is 1.78. The molecule has 0 unspecified atom stereocenters. The van der Waals surface area contributed by atoms with Crippen molar-refractivity contribution in [2.75, 3.05) is 11.9 Å². The van der Waals surface area contributed by atoms with Gasteiger partial charge in [-0.3, -0.25) is 5.43 Å². The van der Waals surface area contributed by atoms with Crippen molar-refractivity contribution in [3.8, 4) is 5.75 Å². The predicted molar refractivity (Wildman–Crippen MR) is 100 cm³/mol. The van der Waals surface area contributed by atoms with E-state index in [2.05, 4.69) is 22.8 Å². The first-order chi connectivity index (χ1) is 11.7. The molecule has 2 rings (SSSR count). The largest absolute Gasteiger partial charge is 0.494 e. The van der Waals surface area contributed by atoms with E-state index in [9.17, 15) is 4.39 Å². The molecule has 6 heteroatoms. The molecule has 2 aromatic carbocycles. The molecule has 24 heavy (non-hydrogen) atoms. The summed E-state index contributed by atoms with van der Waals surface area (Å²) in [6, 6.07) is 13.6. The maximum atomic E-state index is 12.8. The molecule has 0 aliphatic heterocycles. The second-order valence-corrected chi connectivity index (χ2v) is 5.51. The van der Waals surface area contributed by atoms with E-state index in [0.717, 1.165) is 30.8 Å². The van der Waals surface area contributed by atoms with Gasteiger partial charge < -0.3 is 10.1 Å². The SMILES string of the molecule is CCCCOc1ccc(/C=N\NC(=S)Nc2ccc(F)cc2)cc1. The summed E-state index contributed by atoms with van der Waals surface area (Å²) in [5, 5.41) is 7.31. The minimum Gasteiger partial charge on any atom is -0.494 e. The second kappa shape index (κ2) is 9.62. The van der Waals surface area contributed by atoms with Gasteiger partial charge in [0.15, 0.2) is 5.11 Å². The Morgan fingerprint density at radius 1 is 1.17 bits per heavy atom. The number of thiocarbonyl (C=S) groups is 1. The molecule has 0 fully saturated rings. The molecule has 2 aromatic rings. The molecule has 0 saturated carbocycles. The number of halogens is 1. The van der Waals surface area contributed by atoms with Crippen molar-refractivity contribution in [3.05, 3.63) is 59.9 Å². The van der Waals surface area contributed by atoms with Gasteiger partial charge in [-0.1, -0.05) is 13.3 Å². The van der Waals surface area contributed by atoms with E-state index in [4.69, 9.17) is 17.0 Å². The molecule has 0 spiro atoms. The Kier molecular flexibility index (Phi) is 7.17.